The van der Waals surface area contributed by atoms with E-state index in [1.165, 1.54) is 12.1 Å². The Morgan fingerprint density at radius 2 is 1.86 bits per heavy atom. The Bertz CT molecular complexity index is 961. The van der Waals surface area contributed by atoms with Crippen LogP contribution in [0.3, 0.4) is 0 Å². The first-order valence-electron chi connectivity index (χ1n) is 9.09. The number of nitrogens with zero attached hydrogens (tertiary/aromatic N) is 1. The molecule has 1 N–H and O–H groups in total. The maximum absolute atomic E-state index is 14.1. The second kappa shape index (κ2) is 9.64. The Hall–Kier alpha value is -2.48. The maximum Gasteiger partial charge on any atom is 0.289 e. The lowest BCUT2D eigenvalue weighted by molar-refractivity contribution is 0.276. The molecule has 0 aliphatic carbocycles. The van der Waals surface area contributed by atoms with Crippen LogP contribution in [-0.4, -0.2) is 16.0 Å². The molecule has 0 aromatic heterocycles. The second-order valence-electron chi connectivity index (χ2n) is 6.24. The number of fused-ring (bicyclic) bond motifs is 1. The fraction of sp³-hybridized carbons (Fsp3) is 0.238. The van der Waals surface area contributed by atoms with Gasteiger partial charge >= 0.3 is 0 Å². The molecule has 3 aromatic rings. The summed E-state index contributed by atoms with van der Waals surface area (Å²) >= 11 is -2.14. The molecule has 0 radical (unpaired) electrons. The quantitative estimate of drug-likeness (QED) is 0.365. The van der Waals surface area contributed by atoms with Crippen LogP contribution in [0.5, 0.6) is 11.5 Å². The number of benzene rings is 3. The monoisotopic (exact) mass is 403 g/mol. The largest absolute Gasteiger partial charge is 0.457 e. The van der Waals surface area contributed by atoms with Crippen molar-refractivity contribution in [2.45, 2.75) is 26.2 Å². The first-order valence-corrected chi connectivity index (χ1v) is 10.1. The number of ether oxygens (including phenoxy) is 1. The van der Waals surface area contributed by atoms with Crippen molar-refractivity contribution in [2.24, 2.45) is 0 Å². The molecule has 1 atom stereocenters. The molecule has 0 aliphatic heterocycles. The highest BCUT2D eigenvalue weighted by molar-refractivity contribution is 7.81. The molecular weight excluding hydrogens is 381 g/mol. The maximum atomic E-state index is 14.1. The Labute approximate surface area is 166 Å². The predicted octanol–water partition coefficient (Wildman–Crippen LogP) is 5.75. The highest BCUT2D eigenvalue weighted by Crippen LogP contribution is 2.32. The van der Waals surface area contributed by atoms with Crippen LogP contribution in [0.15, 0.2) is 60.7 Å². The van der Waals surface area contributed by atoms with Crippen molar-refractivity contribution in [3.05, 3.63) is 66.5 Å². The van der Waals surface area contributed by atoms with Gasteiger partial charge in [-0.1, -0.05) is 56.2 Å². The molecule has 0 saturated carbocycles. The predicted molar refractivity (Wildman–Crippen MR) is 108 cm³/mol. The van der Waals surface area contributed by atoms with Crippen molar-refractivity contribution in [3.8, 4) is 11.5 Å². The molecule has 0 spiro atoms. The standard InChI is InChI=1S/C21H22FNO4S/c1-2-3-6-12-26-28(25)23(24)18-13-17(22)14-19(15-18)27-21-11-7-9-16-8-4-5-10-20(16)21/h4-5,7-11,13-15,24H,2-3,6,12H2,1H3. The van der Waals surface area contributed by atoms with Crippen LogP contribution in [0.4, 0.5) is 10.1 Å². The number of hydrogen-bond acceptors (Lipinski definition) is 4. The normalized spacial score (nSPS) is 12.1. The molecule has 3 aromatic carbocycles. The fourth-order valence-electron chi connectivity index (χ4n) is 2.75. The molecule has 3 rings (SSSR count). The third kappa shape index (κ3) is 5.07. The summed E-state index contributed by atoms with van der Waals surface area (Å²) in [6.45, 7) is 2.28. The van der Waals surface area contributed by atoms with Crippen LogP contribution in [0.25, 0.3) is 10.8 Å². The van der Waals surface area contributed by atoms with Crippen molar-refractivity contribution in [1.82, 2.24) is 0 Å². The molecule has 1 unspecified atom stereocenters. The van der Waals surface area contributed by atoms with Crippen LogP contribution in [-0.2, 0) is 15.4 Å². The topological polar surface area (TPSA) is 59.0 Å². The van der Waals surface area contributed by atoms with Crippen LogP contribution >= 0.6 is 0 Å². The zero-order valence-corrected chi connectivity index (χ0v) is 16.3. The summed E-state index contributed by atoms with van der Waals surface area (Å²) in [6.07, 6.45) is 2.66. The lowest BCUT2D eigenvalue weighted by Crippen LogP contribution is -2.23. The van der Waals surface area contributed by atoms with Gasteiger partial charge < -0.3 is 4.74 Å². The van der Waals surface area contributed by atoms with Crippen LogP contribution in [0, 0.1) is 5.82 Å². The van der Waals surface area contributed by atoms with Crippen LogP contribution in [0.1, 0.15) is 26.2 Å². The van der Waals surface area contributed by atoms with E-state index in [9.17, 15) is 13.8 Å². The highest BCUT2D eigenvalue weighted by atomic mass is 32.2. The summed E-state index contributed by atoms with van der Waals surface area (Å²) in [5.74, 6) is 0.0965. The second-order valence-corrected chi connectivity index (χ2v) is 7.26. The number of halogens is 1. The molecule has 0 bridgehead atoms. The summed E-state index contributed by atoms with van der Waals surface area (Å²) < 4.78 is 37.5. The van der Waals surface area contributed by atoms with Crippen molar-refractivity contribution < 1.29 is 22.7 Å². The Morgan fingerprint density at radius 3 is 2.68 bits per heavy atom. The van der Waals surface area contributed by atoms with Gasteiger partial charge in [0.15, 0.2) is 0 Å². The van der Waals surface area contributed by atoms with E-state index in [0.717, 1.165) is 36.1 Å². The molecule has 28 heavy (non-hydrogen) atoms. The highest BCUT2D eigenvalue weighted by Gasteiger charge is 2.16. The third-order valence-corrected chi connectivity index (χ3v) is 4.99. The van der Waals surface area contributed by atoms with E-state index in [1.807, 2.05) is 43.3 Å². The minimum atomic E-state index is -2.14. The number of anilines is 1. The zero-order chi connectivity index (χ0) is 19.9. The van der Waals surface area contributed by atoms with Gasteiger partial charge in [0.2, 0.25) is 0 Å². The van der Waals surface area contributed by atoms with Crippen LogP contribution < -0.4 is 9.21 Å². The molecule has 148 valence electrons. The van der Waals surface area contributed by atoms with Crippen molar-refractivity contribution in [2.75, 3.05) is 11.1 Å². The minimum Gasteiger partial charge on any atom is -0.457 e. The molecular formula is C21H22FNO4S. The molecule has 0 fully saturated rings. The van der Waals surface area contributed by atoms with E-state index in [4.69, 9.17) is 8.92 Å². The molecule has 0 heterocycles. The third-order valence-electron chi connectivity index (χ3n) is 4.13. The fourth-order valence-corrected chi connectivity index (χ4v) is 3.39. The van der Waals surface area contributed by atoms with Crippen molar-refractivity contribution >= 4 is 27.7 Å². The zero-order valence-electron chi connectivity index (χ0n) is 15.5. The van der Waals surface area contributed by atoms with E-state index in [-0.39, 0.29) is 18.0 Å². The summed E-state index contributed by atoms with van der Waals surface area (Å²) in [5, 5.41) is 12.0. The Kier molecular flexibility index (Phi) is 6.97. The number of hydrogen-bond donors (Lipinski definition) is 1. The van der Waals surface area contributed by atoms with Gasteiger partial charge in [0.05, 0.1) is 12.3 Å². The van der Waals surface area contributed by atoms with Gasteiger partial charge in [0.1, 0.15) is 17.3 Å². The van der Waals surface area contributed by atoms with E-state index < -0.39 is 17.1 Å². The molecule has 5 nitrogen and oxygen atoms in total. The van der Waals surface area contributed by atoms with Gasteiger partial charge in [-0.25, -0.2) is 8.60 Å². The summed E-state index contributed by atoms with van der Waals surface area (Å²) in [6, 6.07) is 16.9. The smallest absolute Gasteiger partial charge is 0.289 e. The van der Waals surface area contributed by atoms with Crippen molar-refractivity contribution in [1.29, 1.82) is 0 Å². The van der Waals surface area contributed by atoms with Gasteiger partial charge in [-0.05, 0) is 17.9 Å². The molecule has 7 heteroatoms. The van der Waals surface area contributed by atoms with Gasteiger partial charge in [-0.3, -0.25) is 9.39 Å². The first kappa shape index (κ1) is 20.3. The summed E-state index contributed by atoms with van der Waals surface area (Å²) in [7, 11) is 0. The van der Waals surface area contributed by atoms with E-state index >= 15 is 0 Å². The Morgan fingerprint density at radius 1 is 1.07 bits per heavy atom. The van der Waals surface area contributed by atoms with Gasteiger partial charge in [-0.2, -0.15) is 0 Å². The van der Waals surface area contributed by atoms with E-state index in [2.05, 4.69) is 0 Å². The summed E-state index contributed by atoms with van der Waals surface area (Å²) in [5.41, 5.74) is -0.0240. The van der Waals surface area contributed by atoms with Crippen LogP contribution in [0.2, 0.25) is 0 Å². The molecule has 0 amide bonds. The lowest BCUT2D eigenvalue weighted by atomic mass is 10.1. The first-order chi connectivity index (χ1) is 13.6. The number of unbranched alkanes of at least 4 members (excludes halogenated alkanes) is 2. The Balaban J connectivity index is 1.78. The van der Waals surface area contributed by atoms with E-state index in [1.54, 1.807) is 6.07 Å². The van der Waals surface area contributed by atoms with Gasteiger partial charge in [-0.15, -0.1) is 4.47 Å². The molecule has 0 saturated heterocycles. The van der Waals surface area contributed by atoms with E-state index in [0.29, 0.717) is 10.2 Å². The SMILES string of the molecule is CCCCCOS(=O)N(O)c1cc(F)cc(Oc2cccc3ccccc23)c1. The molecule has 0 aliphatic rings. The number of rotatable bonds is 9. The minimum absolute atomic E-state index is 0.0240. The van der Waals surface area contributed by atoms with Crippen molar-refractivity contribution in [3.63, 3.8) is 0 Å². The van der Waals surface area contributed by atoms with Gasteiger partial charge in [0.25, 0.3) is 11.3 Å². The average Bonchev–Trinajstić information content (AvgIpc) is 2.70. The van der Waals surface area contributed by atoms with Gasteiger partial charge in [0, 0.05) is 23.6 Å². The summed E-state index contributed by atoms with van der Waals surface area (Å²) in [4.78, 5) is 0. The lowest BCUT2D eigenvalue weighted by Gasteiger charge is -2.16. The average molecular weight is 403 g/mol.